The summed E-state index contributed by atoms with van der Waals surface area (Å²) in [5.74, 6) is -1.19. The zero-order chi connectivity index (χ0) is 14.0. The summed E-state index contributed by atoms with van der Waals surface area (Å²) in [7, 11) is 1.23. The summed E-state index contributed by atoms with van der Waals surface area (Å²) in [5.41, 5.74) is 6.65. The summed E-state index contributed by atoms with van der Waals surface area (Å²) >= 11 is 1.28. The zero-order valence-electron chi connectivity index (χ0n) is 10.4. The molecule has 1 heterocycles. The van der Waals surface area contributed by atoms with E-state index in [0.29, 0.717) is 10.7 Å². The van der Waals surface area contributed by atoms with Gasteiger partial charge in [0.1, 0.15) is 0 Å². The molecule has 0 spiro atoms. The molecule has 0 radical (unpaired) electrons. The highest BCUT2D eigenvalue weighted by molar-refractivity contribution is 7.22. The topological polar surface area (TPSA) is 91.5 Å². The van der Waals surface area contributed by atoms with Crippen molar-refractivity contribution >= 4 is 38.6 Å². The van der Waals surface area contributed by atoms with Gasteiger partial charge in [-0.15, -0.1) is 0 Å². The number of rotatable bonds is 3. The summed E-state index contributed by atoms with van der Waals surface area (Å²) < 4.78 is 10.3. The fourth-order valence-corrected chi connectivity index (χ4v) is 2.29. The van der Waals surface area contributed by atoms with E-state index in [9.17, 15) is 9.59 Å². The number of benzene rings is 1. The second kappa shape index (κ2) is 5.23. The van der Waals surface area contributed by atoms with Gasteiger partial charge in [-0.2, -0.15) is 0 Å². The number of ether oxygens (including phenoxy) is 2. The molecule has 19 heavy (non-hydrogen) atoms. The largest absolute Gasteiger partial charge is 0.466 e. The van der Waals surface area contributed by atoms with Crippen LogP contribution in [-0.4, -0.2) is 30.1 Å². The Labute approximate surface area is 113 Å². The van der Waals surface area contributed by atoms with Crippen molar-refractivity contribution in [3.8, 4) is 0 Å². The molecule has 0 aliphatic rings. The average molecular weight is 280 g/mol. The first-order valence-electron chi connectivity index (χ1n) is 5.46. The minimum absolute atomic E-state index is 0.340. The molecule has 1 unspecified atom stereocenters. The molecular formula is C12H12N2O4S. The molecule has 0 aliphatic heterocycles. The maximum Gasteiger partial charge on any atom is 0.346 e. The number of anilines is 1. The molecule has 0 bridgehead atoms. The van der Waals surface area contributed by atoms with Crippen molar-refractivity contribution in [2.45, 2.75) is 13.0 Å². The monoisotopic (exact) mass is 280 g/mol. The second-order valence-corrected chi connectivity index (χ2v) is 4.87. The standard InChI is InChI=1S/C12H12N2O4S/c1-6(10(15)17-2)18-11(16)7-3-4-8-9(5-7)19-12(13)14-8/h3-6H,1-2H3,(H2,13,14). The van der Waals surface area contributed by atoms with Gasteiger partial charge < -0.3 is 15.2 Å². The first-order valence-corrected chi connectivity index (χ1v) is 6.28. The van der Waals surface area contributed by atoms with E-state index < -0.39 is 18.0 Å². The SMILES string of the molecule is COC(=O)C(C)OC(=O)c1ccc2nc(N)sc2c1. The Morgan fingerprint density at radius 2 is 2.16 bits per heavy atom. The van der Waals surface area contributed by atoms with Crippen LogP contribution in [0.15, 0.2) is 18.2 Å². The van der Waals surface area contributed by atoms with E-state index in [4.69, 9.17) is 10.5 Å². The maximum absolute atomic E-state index is 11.8. The zero-order valence-corrected chi connectivity index (χ0v) is 11.2. The maximum atomic E-state index is 11.8. The lowest BCUT2D eigenvalue weighted by molar-refractivity contribution is -0.149. The van der Waals surface area contributed by atoms with E-state index >= 15 is 0 Å². The Hall–Kier alpha value is -2.15. The van der Waals surface area contributed by atoms with Gasteiger partial charge in [0.05, 0.1) is 22.9 Å². The van der Waals surface area contributed by atoms with Crippen LogP contribution in [0.4, 0.5) is 5.13 Å². The molecule has 2 aromatic rings. The molecule has 100 valence electrons. The van der Waals surface area contributed by atoms with E-state index in [0.717, 1.165) is 10.2 Å². The Bertz CT molecular complexity index is 638. The van der Waals surface area contributed by atoms with Gasteiger partial charge in [0.15, 0.2) is 11.2 Å². The van der Waals surface area contributed by atoms with E-state index in [-0.39, 0.29) is 0 Å². The third-order valence-corrected chi connectivity index (χ3v) is 3.30. The van der Waals surface area contributed by atoms with Crippen LogP contribution in [0.1, 0.15) is 17.3 Å². The van der Waals surface area contributed by atoms with Gasteiger partial charge in [-0.25, -0.2) is 14.6 Å². The van der Waals surface area contributed by atoms with Crippen LogP contribution in [-0.2, 0) is 14.3 Å². The van der Waals surface area contributed by atoms with Crippen molar-refractivity contribution in [2.24, 2.45) is 0 Å². The van der Waals surface area contributed by atoms with E-state index in [2.05, 4.69) is 9.72 Å². The lowest BCUT2D eigenvalue weighted by atomic mass is 10.2. The average Bonchev–Trinajstić information content (AvgIpc) is 2.76. The fraction of sp³-hybridized carbons (Fsp3) is 0.250. The summed E-state index contributed by atoms with van der Waals surface area (Å²) in [6.45, 7) is 1.45. The summed E-state index contributed by atoms with van der Waals surface area (Å²) in [4.78, 5) is 27.1. The van der Waals surface area contributed by atoms with Gasteiger partial charge in [-0.1, -0.05) is 11.3 Å². The minimum Gasteiger partial charge on any atom is -0.466 e. The van der Waals surface area contributed by atoms with Crippen LogP contribution in [0.25, 0.3) is 10.2 Å². The number of hydrogen-bond acceptors (Lipinski definition) is 7. The number of fused-ring (bicyclic) bond motifs is 1. The number of esters is 2. The molecule has 2 rings (SSSR count). The van der Waals surface area contributed by atoms with Crippen molar-refractivity contribution in [2.75, 3.05) is 12.8 Å². The molecule has 1 aromatic carbocycles. The predicted molar refractivity (Wildman–Crippen MR) is 70.9 cm³/mol. The number of methoxy groups -OCH3 is 1. The predicted octanol–water partition coefficient (Wildman–Crippen LogP) is 1.60. The first-order chi connectivity index (χ1) is 9.01. The molecule has 6 nitrogen and oxygen atoms in total. The van der Waals surface area contributed by atoms with Crippen LogP contribution in [0.5, 0.6) is 0 Å². The molecule has 1 atom stereocenters. The number of carbonyl (C=O) groups is 2. The second-order valence-electron chi connectivity index (χ2n) is 3.81. The normalized spacial score (nSPS) is 12.1. The van der Waals surface area contributed by atoms with E-state index in [1.807, 2.05) is 0 Å². The molecule has 0 aliphatic carbocycles. The number of aromatic nitrogens is 1. The van der Waals surface area contributed by atoms with Gasteiger partial charge in [0.2, 0.25) is 0 Å². The van der Waals surface area contributed by atoms with Crippen LogP contribution < -0.4 is 5.73 Å². The molecule has 2 N–H and O–H groups in total. The van der Waals surface area contributed by atoms with Crippen molar-refractivity contribution in [1.29, 1.82) is 0 Å². The quantitative estimate of drug-likeness (QED) is 0.858. The number of nitrogens with two attached hydrogens (primary N) is 1. The van der Waals surface area contributed by atoms with Gasteiger partial charge in [0, 0.05) is 0 Å². The highest BCUT2D eigenvalue weighted by Crippen LogP contribution is 2.24. The lowest BCUT2D eigenvalue weighted by Crippen LogP contribution is -2.25. The third-order valence-electron chi connectivity index (χ3n) is 2.46. The molecule has 0 saturated carbocycles. The number of nitrogens with zero attached hydrogens (tertiary/aromatic N) is 1. The Balaban J connectivity index is 2.19. The number of thiazole rings is 1. The summed E-state index contributed by atoms with van der Waals surface area (Å²) in [6, 6.07) is 4.89. The van der Waals surface area contributed by atoms with Crippen molar-refractivity contribution in [1.82, 2.24) is 4.98 Å². The third kappa shape index (κ3) is 2.82. The minimum atomic E-state index is -0.945. The van der Waals surface area contributed by atoms with Crippen molar-refractivity contribution in [3.05, 3.63) is 23.8 Å². The fourth-order valence-electron chi connectivity index (χ4n) is 1.51. The Morgan fingerprint density at radius 3 is 2.84 bits per heavy atom. The van der Waals surface area contributed by atoms with Crippen LogP contribution in [0.2, 0.25) is 0 Å². The van der Waals surface area contributed by atoms with Gasteiger partial charge in [0.25, 0.3) is 0 Å². The number of carbonyl (C=O) groups excluding carboxylic acids is 2. The summed E-state index contributed by atoms with van der Waals surface area (Å²) in [6.07, 6.45) is -0.945. The highest BCUT2D eigenvalue weighted by Gasteiger charge is 2.19. The number of hydrogen-bond donors (Lipinski definition) is 1. The molecule has 0 saturated heterocycles. The van der Waals surface area contributed by atoms with E-state index in [1.165, 1.54) is 25.4 Å². The lowest BCUT2D eigenvalue weighted by Gasteiger charge is -2.10. The highest BCUT2D eigenvalue weighted by atomic mass is 32.1. The molecule has 0 fully saturated rings. The van der Waals surface area contributed by atoms with Gasteiger partial charge in [-0.05, 0) is 25.1 Å². The Kier molecular flexibility index (Phi) is 3.66. The van der Waals surface area contributed by atoms with Crippen LogP contribution >= 0.6 is 11.3 Å². The molecule has 7 heteroatoms. The smallest absolute Gasteiger partial charge is 0.346 e. The Morgan fingerprint density at radius 1 is 1.42 bits per heavy atom. The van der Waals surface area contributed by atoms with Gasteiger partial charge in [-0.3, -0.25) is 0 Å². The van der Waals surface area contributed by atoms with Crippen LogP contribution in [0, 0.1) is 0 Å². The number of nitrogen functional groups attached to an aromatic ring is 1. The molecule has 0 amide bonds. The van der Waals surface area contributed by atoms with Crippen molar-refractivity contribution < 1.29 is 19.1 Å². The van der Waals surface area contributed by atoms with Crippen molar-refractivity contribution in [3.63, 3.8) is 0 Å². The first kappa shape index (κ1) is 13.3. The van der Waals surface area contributed by atoms with E-state index in [1.54, 1.807) is 18.2 Å². The summed E-state index contributed by atoms with van der Waals surface area (Å²) in [5, 5.41) is 0.434. The molecule has 1 aromatic heterocycles. The molecular weight excluding hydrogens is 268 g/mol. The van der Waals surface area contributed by atoms with Crippen LogP contribution in [0.3, 0.4) is 0 Å². The van der Waals surface area contributed by atoms with Gasteiger partial charge >= 0.3 is 11.9 Å².